The van der Waals surface area contributed by atoms with Gasteiger partial charge in [0.15, 0.2) is 0 Å². The lowest BCUT2D eigenvalue weighted by Gasteiger charge is -2.12. The third kappa shape index (κ3) is 6.36. The lowest BCUT2D eigenvalue weighted by atomic mass is 9.95. The van der Waals surface area contributed by atoms with E-state index in [2.05, 4.69) is 13.8 Å². The molecule has 0 saturated carbocycles. The SMILES string of the molecule is CCC[C@@H](CC)CCCCO. The maximum absolute atomic E-state index is 8.58. The molecule has 0 saturated heterocycles. The second kappa shape index (κ2) is 8.06. The van der Waals surface area contributed by atoms with Crippen molar-refractivity contribution >= 4 is 0 Å². The summed E-state index contributed by atoms with van der Waals surface area (Å²) in [5.74, 6) is 0.909. The van der Waals surface area contributed by atoms with E-state index >= 15 is 0 Å². The molecule has 0 aliphatic rings. The fourth-order valence-corrected chi connectivity index (χ4v) is 1.51. The summed E-state index contributed by atoms with van der Waals surface area (Å²) < 4.78 is 0. The van der Waals surface area contributed by atoms with E-state index < -0.39 is 0 Å². The van der Waals surface area contributed by atoms with E-state index in [9.17, 15) is 0 Å². The predicted octanol–water partition coefficient (Wildman–Crippen LogP) is 2.98. The van der Waals surface area contributed by atoms with Crippen LogP contribution in [-0.2, 0) is 0 Å². The first kappa shape index (κ1) is 11.0. The van der Waals surface area contributed by atoms with E-state index in [0.29, 0.717) is 6.61 Å². The number of unbranched alkanes of at least 4 members (excludes halogenated alkanes) is 1. The minimum atomic E-state index is 0.364. The van der Waals surface area contributed by atoms with Crippen LogP contribution in [0.4, 0.5) is 0 Å². The quantitative estimate of drug-likeness (QED) is 0.565. The molecule has 1 nitrogen and oxygen atoms in total. The van der Waals surface area contributed by atoms with Crippen molar-refractivity contribution in [3.8, 4) is 0 Å². The van der Waals surface area contributed by atoms with Crippen LogP contribution in [0.1, 0.15) is 52.4 Å². The highest BCUT2D eigenvalue weighted by atomic mass is 16.2. The minimum Gasteiger partial charge on any atom is -0.396 e. The van der Waals surface area contributed by atoms with Gasteiger partial charge in [0, 0.05) is 6.61 Å². The van der Waals surface area contributed by atoms with Gasteiger partial charge < -0.3 is 5.11 Å². The molecular weight excluding hydrogens is 136 g/mol. The molecule has 0 rings (SSSR count). The number of rotatable bonds is 7. The van der Waals surface area contributed by atoms with E-state index in [-0.39, 0.29) is 0 Å². The van der Waals surface area contributed by atoms with Crippen LogP contribution in [0.15, 0.2) is 0 Å². The zero-order valence-corrected chi connectivity index (χ0v) is 7.97. The molecule has 0 amide bonds. The van der Waals surface area contributed by atoms with Gasteiger partial charge >= 0.3 is 0 Å². The van der Waals surface area contributed by atoms with Crippen LogP contribution in [0.3, 0.4) is 0 Å². The highest BCUT2D eigenvalue weighted by Gasteiger charge is 2.03. The van der Waals surface area contributed by atoms with Gasteiger partial charge in [-0.15, -0.1) is 0 Å². The fourth-order valence-electron chi connectivity index (χ4n) is 1.51. The Bertz CT molecular complexity index is 71.3. The van der Waals surface area contributed by atoms with Gasteiger partial charge in [0.25, 0.3) is 0 Å². The summed E-state index contributed by atoms with van der Waals surface area (Å²) in [5.41, 5.74) is 0. The largest absolute Gasteiger partial charge is 0.396 e. The van der Waals surface area contributed by atoms with Crippen LogP contribution < -0.4 is 0 Å². The Hall–Kier alpha value is -0.0400. The molecule has 0 aliphatic carbocycles. The monoisotopic (exact) mass is 158 g/mol. The van der Waals surface area contributed by atoms with Crippen LogP contribution in [-0.4, -0.2) is 11.7 Å². The summed E-state index contributed by atoms with van der Waals surface area (Å²) in [4.78, 5) is 0. The number of hydrogen-bond donors (Lipinski definition) is 1. The topological polar surface area (TPSA) is 20.2 Å². The van der Waals surface area contributed by atoms with Crippen LogP contribution in [0, 0.1) is 5.92 Å². The molecule has 11 heavy (non-hydrogen) atoms. The second-order valence-corrected chi connectivity index (χ2v) is 3.28. The molecule has 0 radical (unpaired) electrons. The van der Waals surface area contributed by atoms with Crippen molar-refractivity contribution in [1.29, 1.82) is 0 Å². The first-order valence-electron chi connectivity index (χ1n) is 4.96. The fraction of sp³-hybridized carbons (Fsp3) is 1.00. The minimum absolute atomic E-state index is 0.364. The third-order valence-electron chi connectivity index (χ3n) is 2.29. The summed E-state index contributed by atoms with van der Waals surface area (Å²) in [6.45, 7) is 4.87. The molecule has 0 heterocycles. The smallest absolute Gasteiger partial charge is 0.0431 e. The van der Waals surface area contributed by atoms with E-state index in [0.717, 1.165) is 12.3 Å². The van der Waals surface area contributed by atoms with Gasteiger partial charge in [-0.25, -0.2) is 0 Å². The van der Waals surface area contributed by atoms with Gasteiger partial charge in [-0.1, -0.05) is 46.0 Å². The Morgan fingerprint density at radius 3 is 2.27 bits per heavy atom. The Balaban J connectivity index is 3.20. The molecule has 1 atom stereocenters. The van der Waals surface area contributed by atoms with Gasteiger partial charge in [-0.05, 0) is 12.3 Å². The number of hydrogen-bond acceptors (Lipinski definition) is 1. The Morgan fingerprint density at radius 1 is 1.09 bits per heavy atom. The molecule has 0 bridgehead atoms. The van der Waals surface area contributed by atoms with Crippen molar-refractivity contribution in [3.63, 3.8) is 0 Å². The zero-order valence-electron chi connectivity index (χ0n) is 7.97. The van der Waals surface area contributed by atoms with E-state index in [1.165, 1.54) is 32.1 Å². The van der Waals surface area contributed by atoms with Gasteiger partial charge in [-0.3, -0.25) is 0 Å². The average molecular weight is 158 g/mol. The molecule has 0 aromatic heterocycles. The van der Waals surface area contributed by atoms with Gasteiger partial charge in [-0.2, -0.15) is 0 Å². The molecule has 0 aromatic rings. The molecule has 68 valence electrons. The molecule has 0 unspecified atom stereocenters. The Kier molecular flexibility index (Phi) is 8.03. The molecule has 0 aliphatic heterocycles. The van der Waals surface area contributed by atoms with E-state index in [4.69, 9.17) is 5.11 Å². The molecule has 1 N–H and O–H groups in total. The first-order chi connectivity index (χ1) is 5.35. The summed E-state index contributed by atoms with van der Waals surface area (Å²) >= 11 is 0. The van der Waals surface area contributed by atoms with Gasteiger partial charge in [0.2, 0.25) is 0 Å². The number of aliphatic hydroxyl groups is 1. The highest BCUT2D eigenvalue weighted by Crippen LogP contribution is 2.17. The highest BCUT2D eigenvalue weighted by molar-refractivity contribution is 4.56. The van der Waals surface area contributed by atoms with Crippen molar-refractivity contribution in [2.24, 2.45) is 5.92 Å². The summed E-state index contributed by atoms with van der Waals surface area (Å²) in [7, 11) is 0. The maximum Gasteiger partial charge on any atom is 0.0431 e. The van der Waals surface area contributed by atoms with Crippen molar-refractivity contribution < 1.29 is 5.11 Å². The summed E-state index contributed by atoms with van der Waals surface area (Å²) in [5, 5.41) is 8.58. The van der Waals surface area contributed by atoms with Crippen LogP contribution in [0.2, 0.25) is 0 Å². The molecule has 1 heteroatoms. The van der Waals surface area contributed by atoms with E-state index in [1.54, 1.807) is 0 Å². The van der Waals surface area contributed by atoms with Crippen molar-refractivity contribution in [3.05, 3.63) is 0 Å². The summed E-state index contributed by atoms with van der Waals surface area (Å²) in [6, 6.07) is 0. The molecule has 0 aromatic carbocycles. The zero-order chi connectivity index (χ0) is 8.53. The summed E-state index contributed by atoms with van der Waals surface area (Å²) in [6.07, 6.45) is 7.47. The third-order valence-corrected chi connectivity index (χ3v) is 2.29. The van der Waals surface area contributed by atoms with Crippen molar-refractivity contribution in [2.75, 3.05) is 6.61 Å². The van der Waals surface area contributed by atoms with E-state index in [1.807, 2.05) is 0 Å². The predicted molar refractivity (Wildman–Crippen MR) is 49.6 cm³/mol. The first-order valence-corrected chi connectivity index (χ1v) is 4.96. The molecular formula is C10H22O. The second-order valence-electron chi connectivity index (χ2n) is 3.28. The Morgan fingerprint density at radius 2 is 1.82 bits per heavy atom. The maximum atomic E-state index is 8.58. The van der Waals surface area contributed by atoms with Crippen LogP contribution in [0.5, 0.6) is 0 Å². The van der Waals surface area contributed by atoms with Crippen LogP contribution >= 0.6 is 0 Å². The van der Waals surface area contributed by atoms with Crippen molar-refractivity contribution in [2.45, 2.75) is 52.4 Å². The lowest BCUT2D eigenvalue weighted by Crippen LogP contribution is -1.98. The normalized spacial score (nSPS) is 13.4. The lowest BCUT2D eigenvalue weighted by molar-refractivity contribution is 0.275. The van der Waals surface area contributed by atoms with Gasteiger partial charge in [0.1, 0.15) is 0 Å². The van der Waals surface area contributed by atoms with Crippen LogP contribution in [0.25, 0.3) is 0 Å². The molecule has 0 fully saturated rings. The Labute approximate surface area is 70.8 Å². The van der Waals surface area contributed by atoms with Gasteiger partial charge in [0.05, 0.1) is 0 Å². The number of aliphatic hydroxyl groups excluding tert-OH is 1. The molecule has 0 spiro atoms. The average Bonchev–Trinajstić information content (AvgIpc) is 2.03. The standard InChI is InChI=1S/C10H22O/c1-3-7-10(4-2)8-5-6-9-11/h10-11H,3-9H2,1-2H3/t10-/m1/s1. The van der Waals surface area contributed by atoms with Crippen molar-refractivity contribution in [1.82, 2.24) is 0 Å².